The Morgan fingerprint density at radius 2 is 1.49 bits per heavy atom. The van der Waals surface area contributed by atoms with Gasteiger partial charge in [0.15, 0.2) is 11.6 Å². The molecule has 4 rings (SSSR count). The fraction of sp³-hybridized carbons (Fsp3) is 0.394. The average molecular weight is 507 g/mol. The summed E-state index contributed by atoms with van der Waals surface area (Å²) in [4.78, 5) is 0. The third kappa shape index (κ3) is 6.66. The van der Waals surface area contributed by atoms with Crippen LogP contribution in [0.25, 0.3) is 22.3 Å². The van der Waals surface area contributed by atoms with E-state index in [0.717, 1.165) is 24.3 Å². The Balaban J connectivity index is 1.43. The molecule has 0 unspecified atom stereocenters. The Hall–Kier alpha value is -3.01. The van der Waals surface area contributed by atoms with Crippen LogP contribution in [0.1, 0.15) is 76.7 Å². The van der Waals surface area contributed by atoms with Gasteiger partial charge in [-0.3, -0.25) is 0 Å². The van der Waals surface area contributed by atoms with Crippen molar-refractivity contribution in [2.75, 3.05) is 6.61 Å². The predicted molar refractivity (Wildman–Crippen MR) is 146 cm³/mol. The highest BCUT2D eigenvalue weighted by Crippen LogP contribution is 2.39. The highest BCUT2D eigenvalue weighted by molar-refractivity contribution is 5.71. The molecule has 1 fully saturated rings. The van der Waals surface area contributed by atoms with Gasteiger partial charge in [-0.05, 0) is 79.3 Å². The second kappa shape index (κ2) is 13.0. The minimum absolute atomic E-state index is 0.122. The van der Waals surface area contributed by atoms with Gasteiger partial charge in [0.2, 0.25) is 5.82 Å². The topological polar surface area (TPSA) is 9.23 Å². The number of allylic oxidation sites excluding steroid dienone is 1. The molecule has 1 aliphatic carbocycles. The number of unbranched alkanes of at least 4 members (excludes halogenated alkanes) is 2. The van der Waals surface area contributed by atoms with E-state index in [-0.39, 0.29) is 23.7 Å². The molecule has 0 aromatic heterocycles. The lowest BCUT2D eigenvalue weighted by molar-refractivity contribution is 0.302. The summed E-state index contributed by atoms with van der Waals surface area (Å²) in [5.74, 6) is -1.08. The minimum atomic E-state index is -1.01. The Morgan fingerprint density at radius 1 is 0.811 bits per heavy atom. The normalized spacial score (nSPS) is 17.9. The van der Waals surface area contributed by atoms with Crippen molar-refractivity contribution in [2.45, 2.75) is 71.1 Å². The molecule has 0 amide bonds. The van der Waals surface area contributed by atoms with Crippen LogP contribution in [0.3, 0.4) is 0 Å². The first-order valence-electron chi connectivity index (χ1n) is 13.6. The molecule has 1 aliphatic rings. The van der Waals surface area contributed by atoms with Crippen LogP contribution in [-0.4, -0.2) is 6.61 Å². The maximum atomic E-state index is 15.2. The quantitative estimate of drug-likeness (QED) is 0.196. The first-order chi connectivity index (χ1) is 18.0. The van der Waals surface area contributed by atoms with Crippen molar-refractivity contribution in [3.63, 3.8) is 0 Å². The minimum Gasteiger partial charge on any atom is -0.486 e. The van der Waals surface area contributed by atoms with Crippen LogP contribution in [0, 0.1) is 23.4 Å². The number of ether oxygens (including phenoxy) is 1. The molecule has 0 aliphatic heterocycles. The standard InChI is InChI=1S/C33H37F3O/c1-3-5-7-8-23-9-11-24(12-10-23)27-17-18-28(30(34)22-27)25-13-15-26(16-14-25)29-19-20-31(33(36)32(29)35)37-21-6-4-2/h4,6,13-20,22-24H,3,5,7-12,21H2,1-2H3. The Labute approximate surface area is 219 Å². The van der Waals surface area contributed by atoms with Crippen molar-refractivity contribution in [3.05, 3.63) is 89.8 Å². The molecule has 0 atom stereocenters. The van der Waals surface area contributed by atoms with Crippen LogP contribution >= 0.6 is 0 Å². The van der Waals surface area contributed by atoms with Crippen molar-refractivity contribution < 1.29 is 17.9 Å². The molecule has 1 saturated carbocycles. The van der Waals surface area contributed by atoms with E-state index in [1.807, 2.05) is 13.0 Å². The Bertz CT molecular complexity index is 1190. The average Bonchev–Trinajstić information content (AvgIpc) is 2.92. The largest absolute Gasteiger partial charge is 0.486 e. The predicted octanol–water partition coefficient (Wildman–Crippen LogP) is 10.2. The molecule has 0 spiro atoms. The lowest BCUT2D eigenvalue weighted by Crippen LogP contribution is -2.13. The molecule has 4 heteroatoms. The smallest absolute Gasteiger partial charge is 0.201 e. The number of halogens is 3. The second-order valence-corrected chi connectivity index (χ2v) is 10.1. The second-order valence-electron chi connectivity index (χ2n) is 10.1. The number of hydrogen-bond donors (Lipinski definition) is 0. The lowest BCUT2D eigenvalue weighted by atomic mass is 9.77. The first kappa shape index (κ1) is 27.0. The Kier molecular flexibility index (Phi) is 9.49. The highest BCUT2D eigenvalue weighted by atomic mass is 19.2. The summed E-state index contributed by atoms with van der Waals surface area (Å²) >= 11 is 0. The molecule has 196 valence electrons. The van der Waals surface area contributed by atoms with Crippen LogP contribution in [0.5, 0.6) is 5.75 Å². The SMILES string of the molecule is CC=CCOc1ccc(-c2ccc(-c3ccc(C4CCC(CCCCC)CC4)cc3F)cc2)c(F)c1F. The van der Waals surface area contributed by atoms with Gasteiger partial charge in [-0.15, -0.1) is 0 Å². The third-order valence-corrected chi connectivity index (χ3v) is 7.65. The summed E-state index contributed by atoms with van der Waals surface area (Å²) in [6.07, 6.45) is 13.5. The Morgan fingerprint density at radius 3 is 2.14 bits per heavy atom. The lowest BCUT2D eigenvalue weighted by Gasteiger charge is -2.29. The zero-order valence-corrected chi connectivity index (χ0v) is 21.9. The molecule has 0 N–H and O–H groups in total. The third-order valence-electron chi connectivity index (χ3n) is 7.65. The van der Waals surface area contributed by atoms with Crippen molar-refractivity contribution in [1.82, 2.24) is 0 Å². The fourth-order valence-electron chi connectivity index (χ4n) is 5.42. The number of rotatable bonds is 10. The summed E-state index contributed by atoms with van der Waals surface area (Å²) in [5, 5.41) is 0. The molecule has 0 bridgehead atoms. The van der Waals surface area contributed by atoms with E-state index >= 15 is 4.39 Å². The van der Waals surface area contributed by atoms with Gasteiger partial charge >= 0.3 is 0 Å². The van der Waals surface area contributed by atoms with Gasteiger partial charge in [0.05, 0.1) is 0 Å². The maximum absolute atomic E-state index is 15.2. The molecular formula is C33H37F3O. The molecule has 3 aromatic rings. The van der Waals surface area contributed by atoms with E-state index in [1.54, 1.807) is 42.5 Å². The van der Waals surface area contributed by atoms with Gasteiger partial charge in [-0.25, -0.2) is 8.78 Å². The maximum Gasteiger partial charge on any atom is 0.201 e. The van der Waals surface area contributed by atoms with Gasteiger partial charge in [0, 0.05) is 11.1 Å². The van der Waals surface area contributed by atoms with Crippen molar-refractivity contribution in [1.29, 1.82) is 0 Å². The fourth-order valence-corrected chi connectivity index (χ4v) is 5.42. The van der Waals surface area contributed by atoms with Gasteiger partial charge in [-0.1, -0.05) is 81.2 Å². The van der Waals surface area contributed by atoms with Crippen LogP contribution in [0.4, 0.5) is 13.2 Å². The summed E-state index contributed by atoms with van der Waals surface area (Å²) in [6.45, 7) is 4.24. The van der Waals surface area contributed by atoms with Gasteiger partial charge in [0.25, 0.3) is 0 Å². The first-order valence-corrected chi connectivity index (χ1v) is 13.6. The summed E-state index contributed by atoms with van der Waals surface area (Å²) in [7, 11) is 0. The van der Waals surface area contributed by atoms with Gasteiger partial charge < -0.3 is 4.74 Å². The monoisotopic (exact) mass is 506 g/mol. The number of hydrogen-bond acceptors (Lipinski definition) is 1. The van der Waals surface area contributed by atoms with Crippen LogP contribution in [0.2, 0.25) is 0 Å². The van der Waals surface area contributed by atoms with Crippen LogP contribution in [-0.2, 0) is 0 Å². The van der Waals surface area contributed by atoms with Gasteiger partial charge in [-0.2, -0.15) is 4.39 Å². The molecule has 37 heavy (non-hydrogen) atoms. The van der Waals surface area contributed by atoms with E-state index in [1.165, 1.54) is 50.7 Å². The van der Waals surface area contributed by atoms with E-state index in [4.69, 9.17) is 4.74 Å². The van der Waals surface area contributed by atoms with Crippen molar-refractivity contribution in [2.24, 2.45) is 5.92 Å². The summed E-state index contributed by atoms with van der Waals surface area (Å²) in [5.41, 5.74) is 2.97. The molecule has 0 saturated heterocycles. The van der Waals surface area contributed by atoms with Crippen molar-refractivity contribution >= 4 is 0 Å². The molecule has 0 heterocycles. The zero-order chi connectivity index (χ0) is 26.2. The van der Waals surface area contributed by atoms with Crippen molar-refractivity contribution in [3.8, 4) is 28.0 Å². The van der Waals surface area contributed by atoms with Crippen LogP contribution < -0.4 is 4.74 Å². The summed E-state index contributed by atoms with van der Waals surface area (Å²) < 4.78 is 49.6. The van der Waals surface area contributed by atoms with E-state index in [0.29, 0.717) is 22.6 Å². The van der Waals surface area contributed by atoms with E-state index in [2.05, 4.69) is 13.0 Å². The zero-order valence-electron chi connectivity index (χ0n) is 21.9. The molecular weight excluding hydrogens is 469 g/mol. The van der Waals surface area contributed by atoms with E-state index < -0.39 is 11.6 Å². The van der Waals surface area contributed by atoms with E-state index in [9.17, 15) is 8.78 Å². The molecule has 1 nitrogen and oxygen atoms in total. The van der Waals surface area contributed by atoms with Gasteiger partial charge in [0.1, 0.15) is 12.4 Å². The highest BCUT2D eigenvalue weighted by Gasteiger charge is 2.23. The van der Waals surface area contributed by atoms with Crippen LogP contribution in [0.15, 0.2) is 66.7 Å². The molecule has 0 radical (unpaired) electrons. The number of benzene rings is 3. The summed E-state index contributed by atoms with van der Waals surface area (Å²) in [6, 6.07) is 15.4. The molecule has 3 aromatic carbocycles.